The molecule has 1 N–H and O–H groups in total. The van der Waals surface area contributed by atoms with Crippen LogP contribution >= 0.6 is 22.7 Å². The summed E-state index contributed by atoms with van der Waals surface area (Å²) in [6, 6.07) is 6.52. The van der Waals surface area contributed by atoms with E-state index in [1.807, 2.05) is 0 Å². The lowest BCUT2D eigenvalue weighted by atomic mass is 10.3. The van der Waals surface area contributed by atoms with Crippen LogP contribution in [0.3, 0.4) is 0 Å². The molecule has 0 atom stereocenters. The maximum atomic E-state index is 13.0. The monoisotopic (exact) mass is 445 g/mol. The van der Waals surface area contributed by atoms with E-state index in [0.29, 0.717) is 21.7 Å². The fourth-order valence-electron chi connectivity index (χ4n) is 2.98. The fourth-order valence-corrected chi connectivity index (χ4v) is 4.58. The van der Waals surface area contributed by atoms with E-state index in [9.17, 15) is 19.2 Å². The third kappa shape index (κ3) is 3.60. The number of anilines is 1. The molecule has 4 aromatic heterocycles. The molecule has 0 aliphatic carbocycles. The quantitative estimate of drug-likeness (QED) is 0.456. The molecule has 0 aliphatic heterocycles. The Morgan fingerprint density at radius 2 is 1.93 bits per heavy atom. The van der Waals surface area contributed by atoms with Gasteiger partial charge in [-0.2, -0.15) is 0 Å². The van der Waals surface area contributed by atoms with Crippen molar-refractivity contribution >= 4 is 50.5 Å². The number of fused-ring (bicyclic) bond motifs is 1. The molecule has 0 saturated heterocycles. The topological polar surface area (TPSA) is 113 Å². The van der Waals surface area contributed by atoms with E-state index < -0.39 is 23.1 Å². The van der Waals surface area contributed by atoms with Gasteiger partial charge in [0.1, 0.15) is 21.9 Å². The zero-order valence-electron chi connectivity index (χ0n) is 15.6. The number of carbonyl (C=O) groups is 2. The SMILES string of the molecule is COC(=O)c1sccc1NC(=O)Cn1c(=O)n(Cc2ccco2)c(=O)c2sccc21. The van der Waals surface area contributed by atoms with Gasteiger partial charge in [-0.05, 0) is 35.0 Å². The summed E-state index contributed by atoms with van der Waals surface area (Å²) < 4.78 is 12.6. The lowest BCUT2D eigenvalue weighted by molar-refractivity contribution is -0.116. The van der Waals surface area contributed by atoms with E-state index >= 15 is 0 Å². The number of esters is 1. The summed E-state index contributed by atoms with van der Waals surface area (Å²) in [5.41, 5.74) is -0.394. The molecular formula is C19H15N3O6S2. The average molecular weight is 445 g/mol. The summed E-state index contributed by atoms with van der Waals surface area (Å²) >= 11 is 2.32. The zero-order valence-corrected chi connectivity index (χ0v) is 17.2. The van der Waals surface area contributed by atoms with Crippen LogP contribution in [0.4, 0.5) is 5.69 Å². The van der Waals surface area contributed by atoms with Gasteiger partial charge in [0, 0.05) is 0 Å². The van der Waals surface area contributed by atoms with Crippen molar-refractivity contribution < 1.29 is 18.7 Å². The molecule has 0 fully saturated rings. The largest absolute Gasteiger partial charge is 0.467 e. The Hall–Kier alpha value is -3.44. The maximum Gasteiger partial charge on any atom is 0.350 e. The van der Waals surface area contributed by atoms with Crippen molar-refractivity contribution in [3.8, 4) is 0 Å². The number of methoxy groups -OCH3 is 1. The summed E-state index contributed by atoms with van der Waals surface area (Å²) in [4.78, 5) is 50.5. The molecular weight excluding hydrogens is 430 g/mol. The van der Waals surface area contributed by atoms with Crippen LogP contribution in [-0.2, 0) is 22.6 Å². The number of nitrogens with zero attached hydrogens (tertiary/aromatic N) is 2. The van der Waals surface area contributed by atoms with Gasteiger partial charge in [0.25, 0.3) is 5.56 Å². The minimum Gasteiger partial charge on any atom is -0.467 e. The number of amides is 1. The van der Waals surface area contributed by atoms with Gasteiger partial charge >= 0.3 is 11.7 Å². The number of furan rings is 1. The second kappa shape index (κ2) is 8.13. The molecule has 30 heavy (non-hydrogen) atoms. The molecule has 1 amide bonds. The Kier molecular flexibility index (Phi) is 5.38. The number of nitrogens with one attached hydrogen (secondary N) is 1. The van der Waals surface area contributed by atoms with Crippen molar-refractivity contribution in [3.05, 3.63) is 72.8 Å². The molecule has 0 aliphatic rings. The standard InChI is InChI=1S/C19H15N3O6S2/c1-27-18(25)15-12(4-7-29-15)20-14(23)10-21-13-5-8-30-16(13)17(24)22(19(21)26)9-11-3-2-6-28-11/h2-8H,9-10H2,1H3,(H,20,23). The Labute approximate surface area is 176 Å². The van der Waals surface area contributed by atoms with Crippen molar-refractivity contribution in [2.24, 2.45) is 0 Å². The lowest BCUT2D eigenvalue weighted by Gasteiger charge is -2.12. The van der Waals surface area contributed by atoms with Crippen molar-refractivity contribution in [2.75, 3.05) is 12.4 Å². The highest BCUT2D eigenvalue weighted by Gasteiger charge is 2.19. The first-order valence-electron chi connectivity index (χ1n) is 8.68. The highest BCUT2D eigenvalue weighted by molar-refractivity contribution is 7.17. The Bertz CT molecular complexity index is 1340. The second-order valence-electron chi connectivity index (χ2n) is 6.18. The molecule has 4 aromatic rings. The average Bonchev–Trinajstić information content (AvgIpc) is 3.49. The van der Waals surface area contributed by atoms with Crippen LogP contribution < -0.4 is 16.6 Å². The molecule has 0 unspecified atom stereocenters. The molecule has 4 heterocycles. The van der Waals surface area contributed by atoms with Gasteiger partial charge in [-0.25, -0.2) is 9.59 Å². The number of carbonyl (C=O) groups excluding carboxylic acids is 2. The predicted molar refractivity (Wildman–Crippen MR) is 112 cm³/mol. The Morgan fingerprint density at radius 3 is 2.67 bits per heavy atom. The van der Waals surface area contributed by atoms with Crippen LogP contribution in [0.25, 0.3) is 10.2 Å². The third-order valence-corrected chi connectivity index (χ3v) is 6.13. The van der Waals surface area contributed by atoms with Crippen LogP contribution in [0, 0.1) is 0 Å². The summed E-state index contributed by atoms with van der Waals surface area (Å²) in [5, 5.41) is 5.96. The van der Waals surface area contributed by atoms with Crippen LogP contribution in [0.1, 0.15) is 15.4 Å². The van der Waals surface area contributed by atoms with E-state index in [1.54, 1.807) is 35.0 Å². The smallest absolute Gasteiger partial charge is 0.350 e. The first-order valence-corrected chi connectivity index (χ1v) is 10.4. The molecule has 9 nitrogen and oxygen atoms in total. The van der Waals surface area contributed by atoms with Crippen LogP contribution in [0.2, 0.25) is 0 Å². The summed E-state index contributed by atoms with van der Waals surface area (Å²) in [6.07, 6.45) is 1.45. The van der Waals surface area contributed by atoms with Crippen molar-refractivity contribution in [1.82, 2.24) is 9.13 Å². The van der Waals surface area contributed by atoms with Crippen molar-refractivity contribution in [3.63, 3.8) is 0 Å². The van der Waals surface area contributed by atoms with E-state index in [0.717, 1.165) is 15.9 Å². The first-order chi connectivity index (χ1) is 14.5. The predicted octanol–water partition coefficient (Wildman–Crippen LogP) is 2.35. The lowest BCUT2D eigenvalue weighted by Crippen LogP contribution is -2.41. The number of ether oxygens (including phenoxy) is 1. The van der Waals surface area contributed by atoms with Crippen molar-refractivity contribution in [1.29, 1.82) is 0 Å². The van der Waals surface area contributed by atoms with Gasteiger partial charge in [0.15, 0.2) is 0 Å². The minimum atomic E-state index is -0.629. The van der Waals surface area contributed by atoms with E-state index in [4.69, 9.17) is 9.15 Å². The number of hydrogen-bond donors (Lipinski definition) is 1. The molecule has 0 saturated carbocycles. The van der Waals surface area contributed by atoms with Crippen LogP contribution in [0.15, 0.2) is 55.3 Å². The van der Waals surface area contributed by atoms with E-state index in [1.165, 1.54) is 29.3 Å². The van der Waals surface area contributed by atoms with Gasteiger partial charge in [0.05, 0.1) is 31.1 Å². The first kappa shape index (κ1) is 19.9. The molecule has 0 radical (unpaired) electrons. The summed E-state index contributed by atoms with van der Waals surface area (Å²) in [5.74, 6) is -0.636. The highest BCUT2D eigenvalue weighted by atomic mass is 32.1. The number of hydrogen-bond acceptors (Lipinski definition) is 8. The summed E-state index contributed by atoms with van der Waals surface area (Å²) in [6.45, 7) is -0.377. The van der Waals surface area contributed by atoms with E-state index in [2.05, 4.69) is 5.32 Å². The van der Waals surface area contributed by atoms with Gasteiger partial charge in [-0.15, -0.1) is 22.7 Å². The molecule has 154 valence electrons. The zero-order chi connectivity index (χ0) is 21.3. The highest BCUT2D eigenvalue weighted by Crippen LogP contribution is 2.23. The second-order valence-corrected chi connectivity index (χ2v) is 8.01. The van der Waals surface area contributed by atoms with Gasteiger partial charge in [-0.1, -0.05) is 0 Å². The molecule has 0 spiro atoms. The fraction of sp³-hybridized carbons (Fsp3) is 0.158. The number of aromatic nitrogens is 2. The number of thiophene rings is 2. The molecule has 11 heteroatoms. The van der Waals surface area contributed by atoms with Crippen molar-refractivity contribution in [2.45, 2.75) is 13.1 Å². The van der Waals surface area contributed by atoms with Gasteiger partial charge in [0.2, 0.25) is 5.91 Å². The number of rotatable bonds is 6. The minimum absolute atomic E-state index is 0.0445. The molecule has 4 rings (SSSR count). The van der Waals surface area contributed by atoms with Gasteiger partial charge < -0.3 is 14.5 Å². The molecule has 0 aromatic carbocycles. The van der Waals surface area contributed by atoms with Gasteiger partial charge in [-0.3, -0.25) is 18.7 Å². The van der Waals surface area contributed by atoms with Crippen LogP contribution in [0.5, 0.6) is 0 Å². The Balaban J connectivity index is 1.69. The van der Waals surface area contributed by atoms with E-state index in [-0.39, 0.29) is 18.0 Å². The normalized spacial score (nSPS) is 11.0. The maximum absolute atomic E-state index is 13.0. The summed E-state index contributed by atoms with van der Waals surface area (Å²) in [7, 11) is 1.25. The third-order valence-electron chi connectivity index (χ3n) is 4.34. The molecule has 0 bridgehead atoms. The van der Waals surface area contributed by atoms with Crippen LogP contribution in [-0.4, -0.2) is 28.1 Å². The Morgan fingerprint density at radius 1 is 1.13 bits per heavy atom.